The first-order valence-corrected chi connectivity index (χ1v) is 4.86. The van der Waals surface area contributed by atoms with E-state index in [9.17, 15) is 4.79 Å². The summed E-state index contributed by atoms with van der Waals surface area (Å²) >= 11 is 0. The van der Waals surface area contributed by atoms with Crippen LogP contribution in [0.15, 0.2) is 0 Å². The van der Waals surface area contributed by atoms with E-state index in [-0.39, 0.29) is 12.5 Å². The molecule has 0 radical (unpaired) electrons. The highest BCUT2D eigenvalue weighted by Gasteiger charge is 2.02. The molecule has 0 saturated heterocycles. The van der Waals surface area contributed by atoms with Crippen molar-refractivity contribution in [3.8, 4) is 0 Å². The van der Waals surface area contributed by atoms with Gasteiger partial charge in [0.2, 0.25) is 5.91 Å². The molecule has 0 bridgehead atoms. The molecule has 78 valence electrons. The number of rotatable bonds is 6. The summed E-state index contributed by atoms with van der Waals surface area (Å²) in [5.41, 5.74) is 0. The Kier molecular flexibility index (Phi) is 6.59. The minimum absolute atomic E-state index is 0.0191. The second-order valence-electron chi connectivity index (χ2n) is 4.11. The van der Waals surface area contributed by atoms with E-state index in [1.165, 1.54) is 0 Å². The predicted octanol–water partition coefficient (Wildman–Crippen LogP) is 1.43. The van der Waals surface area contributed by atoms with Gasteiger partial charge in [0.1, 0.15) is 6.61 Å². The quantitative estimate of drug-likeness (QED) is 0.683. The number of hydrogen-bond donors (Lipinski definition) is 1. The van der Waals surface area contributed by atoms with E-state index in [1.54, 1.807) is 0 Å². The summed E-state index contributed by atoms with van der Waals surface area (Å²) in [6.45, 7) is 9.81. The summed E-state index contributed by atoms with van der Waals surface area (Å²) in [5, 5.41) is 2.79. The Labute approximate surface area is 80.8 Å². The van der Waals surface area contributed by atoms with Crippen molar-refractivity contribution in [2.45, 2.75) is 27.7 Å². The van der Waals surface area contributed by atoms with Crippen molar-refractivity contribution in [3.05, 3.63) is 0 Å². The molecule has 0 fully saturated rings. The molecule has 0 aromatic carbocycles. The third-order valence-electron chi connectivity index (χ3n) is 1.39. The van der Waals surface area contributed by atoms with Crippen molar-refractivity contribution in [3.63, 3.8) is 0 Å². The first-order valence-electron chi connectivity index (χ1n) is 4.86. The van der Waals surface area contributed by atoms with Crippen LogP contribution in [0, 0.1) is 11.8 Å². The van der Waals surface area contributed by atoms with E-state index in [4.69, 9.17) is 4.74 Å². The average Bonchev–Trinajstić information content (AvgIpc) is 2.00. The highest BCUT2D eigenvalue weighted by atomic mass is 16.5. The molecule has 0 aliphatic rings. The lowest BCUT2D eigenvalue weighted by Crippen LogP contribution is -2.31. The van der Waals surface area contributed by atoms with E-state index >= 15 is 0 Å². The first kappa shape index (κ1) is 12.4. The Hall–Kier alpha value is -0.570. The van der Waals surface area contributed by atoms with Crippen LogP contribution in [-0.4, -0.2) is 25.7 Å². The van der Waals surface area contributed by atoms with Crippen LogP contribution < -0.4 is 5.32 Å². The number of ether oxygens (including phenoxy) is 1. The Balaban J connectivity index is 3.30. The molecule has 1 amide bonds. The van der Waals surface area contributed by atoms with Crippen molar-refractivity contribution >= 4 is 5.91 Å². The molecule has 0 unspecified atom stereocenters. The zero-order valence-electron chi connectivity index (χ0n) is 9.09. The molecular weight excluding hydrogens is 166 g/mol. The smallest absolute Gasteiger partial charge is 0.246 e. The van der Waals surface area contributed by atoms with Crippen LogP contribution in [0.1, 0.15) is 27.7 Å². The third kappa shape index (κ3) is 9.34. The zero-order chi connectivity index (χ0) is 10.3. The summed E-state index contributed by atoms with van der Waals surface area (Å²) in [5.74, 6) is 0.960. The summed E-state index contributed by atoms with van der Waals surface area (Å²) in [6, 6.07) is 0. The van der Waals surface area contributed by atoms with Crippen molar-refractivity contribution in [2.75, 3.05) is 19.8 Å². The maximum absolute atomic E-state index is 11.1. The highest BCUT2D eigenvalue weighted by Crippen LogP contribution is 1.92. The molecule has 0 saturated carbocycles. The highest BCUT2D eigenvalue weighted by molar-refractivity contribution is 5.77. The van der Waals surface area contributed by atoms with E-state index < -0.39 is 0 Å². The zero-order valence-corrected chi connectivity index (χ0v) is 9.09. The van der Waals surface area contributed by atoms with Crippen LogP contribution in [0.3, 0.4) is 0 Å². The standard InChI is InChI=1S/C10H21NO2/c1-8(2)5-11-10(12)7-13-6-9(3)4/h8-9H,5-7H2,1-4H3,(H,11,12). The number of carbonyl (C=O) groups excluding carboxylic acids is 1. The van der Waals surface area contributed by atoms with Crippen LogP contribution in [-0.2, 0) is 9.53 Å². The topological polar surface area (TPSA) is 38.3 Å². The predicted molar refractivity (Wildman–Crippen MR) is 53.5 cm³/mol. The van der Waals surface area contributed by atoms with Crippen molar-refractivity contribution in [2.24, 2.45) is 11.8 Å². The van der Waals surface area contributed by atoms with E-state index in [2.05, 4.69) is 33.0 Å². The maximum Gasteiger partial charge on any atom is 0.246 e. The molecule has 0 aliphatic heterocycles. The molecule has 0 aromatic rings. The van der Waals surface area contributed by atoms with Gasteiger partial charge in [-0.05, 0) is 11.8 Å². The van der Waals surface area contributed by atoms with Crippen molar-refractivity contribution in [1.29, 1.82) is 0 Å². The minimum Gasteiger partial charge on any atom is -0.371 e. The molecule has 0 aromatic heterocycles. The van der Waals surface area contributed by atoms with Gasteiger partial charge in [0.15, 0.2) is 0 Å². The maximum atomic E-state index is 11.1. The summed E-state index contributed by atoms with van der Waals surface area (Å²) in [4.78, 5) is 11.1. The molecule has 0 rings (SSSR count). The lowest BCUT2D eigenvalue weighted by Gasteiger charge is -2.09. The van der Waals surface area contributed by atoms with Gasteiger partial charge in [-0.1, -0.05) is 27.7 Å². The Morgan fingerprint density at radius 2 is 1.85 bits per heavy atom. The Morgan fingerprint density at radius 3 is 2.31 bits per heavy atom. The second kappa shape index (κ2) is 6.89. The minimum atomic E-state index is -0.0191. The van der Waals surface area contributed by atoms with Gasteiger partial charge in [0.05, 0.1) is 0 Å². The lowest BCUT2D eigenvalue weighted by molar-refractivity contribution is -0.126. The fourth-order valence-corrected chi connectivity index (χ4v) is 0.756. The number of amides is 1. The molecule has 0 atom stereocenters. The molecular formula is C10H21NO2. The average molecular weight is 187 g/mol. The van der Waals surface area contributed by atoms with Gasteiger partial charge in [-0.3, -0.25) is 4.79 Å². The molecule has 1 N–H and O–H groups in total. The molecule has 3 heteroatoms. The van der Waals surface area contributed by atoms with Crippen LogP contribution in [0.2, 0.25) is 0 Å². The largest absolute Gasteiger partial charge is 0.371 e. The Bertz CT molecular complexity index is 144. The molecule has 0 spiro atoms. The molecule has 3 nitrogen and oxygen atoms in total. The van der Waals surface area contributed by atoms with Gasteiger partial charge in [0, 0.05) is 13.2 Å². The van der Waals surface area contributed by atoms with Gasteiger partial charge < -0.3 is 10.1 Å². The van der Waals surface area contributed by atoms with Crippen LogP contribution in [0.4, 0.5) is 0 Å². The fraction of sp³-hybridized carbons (Fsp3) is 0.900. The first-order chi connectivity index (χ1) is 6.02. The number of carbonyl (C=O) groups is 1. The van der Waals surface area contributed by atoms with E-state index in [1.807, 2.05) is 0 Å². The van der Waals surface area contributed by atoms with Gasteiger partial charge in [-0.25, -0.2) is 0 Å². The second-order valence-corrected chi connectivity index (χ2v) is 4.11. The van der Waals surface area contributed by atoms with Crippen molar-refractivity contribution in [1.82, 2.24) is 5.32 Å². The number of nitrogens with one attached hydrogen (secondary N) is 1. The van der Waals surface area contributed by atoms with E-state index in [0.717, 1.165) is 6.54 Å². The van der Waals surface area contributed by atoms with Crippen LogP contribution in [0.5, 0.6) is 0 Å². The van der Waals surface area contributed by atoms with E-state index in [0.29, 0.717) is 18.4 Å². The van der Waals surface area contributed by atoms with Gasteiger partial charge >= 0.3 is 0 Å². The summed E-state index contributed by atoms with van der Waals surface area (Å²) in [7, 11) is 0. The molecule has 13 heavy (non-hydrogen) atoms. The Morgan fingerprint density at radius 1 is 1.23 bits per heavy atom. The van der Waals surface area contributed by atoms with Crippen LogP contribution >= 0.6 is 0 Å². The van der Waals surface area contributed by atoms with Crippen molar-refractivity contribution < 1.29 is 9.53 Å². The lowest BCUT2D eigenvalue weighted by atomic mass is 10.2. The number of hydrogen-bond acceptors (Lipinski definition) is 2. The molecule has 0 heterocycles. The monoisotopic (exact) mass is 187 g/mol. The SMILES string of the molecule is CC(C)CNC(=O)COCC(C)C. The molecule has 0 aliphatic carbocycles. The summed E-state index contributed by atoms with van der Waals surface area (Å²) in [6.07, 6.45) is 0. The fourth-order valence-electron chi connectivity index (χ4n) is 0.756. The van der Waals surface area contributed by atoms with Gasteiger partial charge in [-0.2, -0.15) is 0 Å². The van der Waals surface area contributed by atoms with Gasteiger partial charge in [0.25, 0.3) is 0 Å². The normalized spacial score (nSPS) is 10.9. The van der Waals surface area contributed by atoms with Gasteiger partial charge in [-0.15, -0.1) is 0 Å². The van der Waals surface area contributed by atoms with Crippen LogP contribution in [0.25, 0.3) is 0 Å². The third-order valence-corrected chi connectivity index (χ3v) is 1.39. The summed E-state index contributed by atoms with van der Waals surface area (Å²) < 4.78 is 5.18.